The van der Waals surface area contributed by atoms with E-state index in [0.29, 0.717) is 38.6 Å². The van der Waals surface area contributed by atoms with Crippen LogP contribution in [0.25, 0.3) is 0 Å². The van der Waals surface area contributed by atoms with Crippen molar-refractivity contribution in [1.82, 2.24) is 15.5 Å². The zero-order valence-electron chi connectivity index (χ0n) is 27.6. The number of morpholine rings is 1. The minimum atomic E-state index is -1.12. The molecule has 2 N–H and O–H groups in total. The Morgan fingerprint density at radius 2 is 1.52 bits per heavy atom. The number of carbonyl (C=O) groups excluding carboxylic acids is 4. The van der Waals surface area contributed by atoms with Gasteiger partial charge in [-0.25, -0.2) is 9.59 Å². The summed E-state index contributed by atoms with van der Waals surface area (Å²) < 4.78 is 16.3. The van der Waals surface area contributed by atoms with Crippen LogP contribution in [-0.4, -0.2) is 80.9 Å². The van der Waals surface area contributed by atoms with Gasteiger partial charge < -0.3 is 29.7 Å². The summed E-state index contributed by atoms with van der Waals surface area (Å²) in [5.41, 5.74) is -0.860. The van der Waals surface area contributed by atoms with Gasteiger partial charge in [-0.3, -0.25) is 9.59 Å². The number of hydrogen-bond acceptors (Lipinski definition) is 7. The largest absolute Gasteiger partial charge is 0.467 e. The zero-order valence-corrected chi connectivity index (χ0v) is 27.6. The Bertz CT molecular complexity index is 910. The van der Waals surface area contributed by atoms with Gasteiger partial charge in [0.15, 0.2) is 0 Å². The quantitative estimate of drug-likeness (QED) is 0.332. The molecule has 1 saturated carbocycles. The summed E-state index contributed by atoms with van der Waals surface area (Å²) in [6.07, 6.45) is 5.05. The summed E-state index contributed by atoms with van der Waals surface area (Å²) >= 11 is 0. The molecule has 0 radical (unpaired) electrons. The van der Waals surface area contributed by atoms with Gasteiger partial charge in [-0.2, -0.15) is 0 Å². The van der Waals surface area contributed by atoms with Gasteiger partial charge in [0.05, 0.1) is 26.9 Å². The van der Waals surface area contributed by atoms with Crippen LogP contribution in [0.2, 0.25) is 0 Å². The molecule has 1 saturated heterocycles. The van der Waals surface area contributed by atoms with Gasteiger partial charge in [0.25, 0.3) is 0 Å². The van der Waals surface area contributed by atoms with Gasteiger partial charge >= 0.3 is 12.1 Å². The fourth-order valence-corrected chi connectivity index (χ4v) is 6.02. The van der Waals surface area contributed by atoms with E-state index in [1.807, 2.05) is 20.8 Å². The molecule has 1 aliphatic carbocycles. The Kier molecular flexibility index (Phi) is 13.1. The molecule has 2 fully saturated rings. The smallest absolute Gasteiger partial charge is 0.407 e. The maximum Gasteiger partial charge on any atom is 0.407 e. The molecule has 0 aromatic carbocycles. The van der Waals surface area contributed by atoms with E-state index >= 15 is 0 Å². The Hall–Kier alpha value is -2.36. The van der Waals surface area contributed by atoms with Crippen LogP contribution in [0, 0.1) is 28.1 Å². The van der Waals surface area contributed by atoms with Crippen molar-refractivity contribution in [3.63, 3.8) is 0 Å². The molecular formula is C32H57N3O7. The van der Waals surface area contributed by atoms with Gasteiger partial charge in [0, 0.05) is 30.8 Å². The van der Waals surface area contributed by atoms with Crippen LogP contribution in [0.15, 0.2) is 0 Å². The highest BCUT2D eigenvalue weighted by Gasteiger charge is 2.48. The summed E-state index contributed by atoms with van der Waals surface area (Å²) in [5, 5.41) is 5.46. The average molecular weight is 596 g/mol. The summed E-state index contributed by atoms with van der Waals surface area (Å²) in [6, 6.07) is -1.12. The van der Waals surface area contributed by atoms with Gasteiger partial charge in [0.1, 0.15) is 12.1 Å². The first kappa shape index (κ1) is 35.8. The Balaban J connectivity index is 2.13. The standard InChI is InChI=1S/C32H57N3O7/c1-30(2,3)28(32(7,8)31(4,5)6)42-29(39)33-21-24(27(38)40-9)34-26(37)23(19-22-13-11-10-12-14-22)20-25(36)35-15-17-41-18-16-35/h22-24,28H,10-21H2,1-9H3,(H,33,39)(H,34,37). The lowest BCUT2D eigenvalue weighted by Gasteiger charge is -2.49. The van der Waals surface area contributed by atoms with Crippen LogP contribution in [0.4, 0.5) is 4.79 Å². The second kappa shape index (κ2) is 15.4. The number of nitrogens with one attached hydrogen (secondary N) is 2. The molecule has 2 aliphatic rings. The fourth-order valence-electron chi connectivity index (χ4n) is 6.02. The molecule has 10 heteroatoms. The second-order valence-electron chi connectivity index (χ2n) is 14.7. The monoisotopic (exact) mass is 595 g/mol. The van der Waals surface area contributed by atoms with Gasteiger partial charge in [-0.05, 0) is 23.2 Å². The second-order valence-corrected chi connectivity index (χ2v) is 14.7. The number of alkyl carbamates (subject to hydrolysis) is 1. The van der Waals surface area contributed by atoms with Crippen LogP contribution in [0.3, 0.4) is 0 Å². The lowest BCUT2D eigenvalue weighted by atomic mass is 9.60. The van der Waals surface area contributed by atoms with E-state index in [9.17, 15) is 19.2 Å². The molecule has 1 heterocycles. The van der Waals surface area contributed by atoms with Crippen LogP contribution >= 0.6 is 0 Å². The third-order valence-electron chi connectivity index (χ3n) is 9.35. The predicted molar refractivity (Wildman–Crippen MR) is 162 cm³/mol. The molecule has 0 aromatic heterocycles. The van der Waals surface area contributed by atoms with Crippen molar-refractivity contribution < 1.29 is 33.4 Å². The molecule has 0 spiro atoms. The highest BCUT2D eigenvalue weighted by atomic mass is 16.6. The molecular weight excluding hydrogens is 538 g/mol. The summed E-state index contributed by atoms with van der Waals surface area (Å²) in [5.74, 6) is -1.37. The topological polar surface area (TPSA) is 123 Å². The molecule has 2 rings (SSSR count). The minimum absolute atomic E-state index is 0.0703. The number of esters is 1. The minimum Gasteiger partial charge on any atom is -0.467 e. The first-order chi connectivity index (χ1) is 19.5. The lowest BCUT2D eigenvalue weighted by Crippen LogP contribution is -2.54. The van der Waals surface area contributed by atoms with Crippen LogP contribution in [-0.2, 0) is 28.6 Å². The van der Waals surface area contributed by atoms with Crippen molar-refractivity contribution in [2.45, 2.75) is 112 Å². The predicted octanol–water partition coefficient (Wildman–Crippen LogP) is 4.69. The van der Waals surface area contributed by atoms with E-state index in [2.05, 4.69) is 45.3 Å². The maximum absolute atomic E-state index is 13.6. The molecule has 1 aliphatic heterocycles. The van der Waals surface area contributed by atoms with Crippen LogP contribution < -0.4 is 10.6 Å². The van der Waals surface area contributed by atoms with Crippen molar-refractivity contribution in [3.8, 4) is 0 Å². The molecule has 242 valence electrons. The van der Waals surface area contributed by atoms with E-state index in [1.165, 1.54) is 13.5 Å². The van der Waals surface area contributed by atoms with E-state index in [1.54, 1.807) is 4.90 Å². The molecule has 3 amide bonds. The Morgan fingerprint density at radius 3 is 2.05 bits per heavy atom. The summed E-state index contributed by atoms with van der Waals surface area (Å²) in [6.45, 7) is 18.4. The molecule has 3 unspecified atom stereocenters. The zero-order chi connectivity index (χ0) is 31.7. The van der Waals surface area contributed by atoms with Crippen molar-refractivity contribution in [1.29, 1.82) is 0 Å². The number of methoxy groups -OCH3 is 1. The third-order valence-corrected chi connectivity index (χ3v) is 9.35. The van der Waals surface area contributed by atoms with Gasteiger partial charge in [-0.15, -0.1) is 0 Å². The number of carbonyl (C=O) groups is 4. The highest BCUT2D eigenvalue weighted by molar-refractivity contribution is 5.89. The summed E-state index contributed by atoms with van der Waals surface area (Å²) in [7, 11) is 1.24. The van der Waals surface area contributed by atoms with Crippen molar-refractivity contribution in [3.05, 3.63) is 0 Å². The van der Waals surface area contributed by atoms with Gasteiger partial charge in [-0.1, -0.05) is 87.5 Å². The van der Waals surface area contributed by atoms with Crippen molar-refractivity contribution >= 4 is 23.9 Å². The number of nitrogens with zero attached hydrogens (tertiary/aromatic N) is 1. The number of rotatable bonds is 11. The number of ether oxygens (including phenoxy) is 3. The van der Waals surface area contributed by atoms with E-state index in [0.717, 1.165) is 25.7 Å². The van der Waals surface area contributed by atoms with Crippen molar-refractivity contribution in [2.75, 3.05) is 40.0 Å². The van der Waals surface area contributed by atoms with Crippen LogP contribution in [0.5, 0.6) is 0 Å². The van der Waals surface area contributed by atoms with Gasteiger partial charge in [0.2, 0.25) is 11.8 Å². The highest BCUT2D eigenvalue weighted by Crippen LogP contribution is 2.47. The van der Waals surface area contributed by atoms with E-state index in [4.69, 9.17) is 14.2 Å². The number of hydrogen-bond donors (Lipinski definition) is 2. The average Bonchev–Trinajstić information content (AvgIpc) is 2.92. The summed E-state index contributed by atoms with van der Waals surface area (Å²) in [4.78, 5) is 54.2. The maximum atomic E-state index is 13.6. The normalized spacial score (nSPS) is 19.3. The SMILES string of the molecule is COC(=O)C(CNC(=O)OC(C(C)(C)C)C(C)(C)C(C)(C)C)NC(=O)C(CC(=O)N1CCOCC1)CC1CCCCC1. The third kappa shape index (κ3) is 10.4. The lowest BCUT2D eigenvalue weighted by molar-refractivity contribution is -0.146. The first-order valence-electron chi connectivity index (χ1n) is 15.7. The molecule has 0 bridgehead atoms. The van der Waals surface area contributed by atoms with Crippen molar-refractivity contribution in [2.24, 2.45) is 28.1 Å². The fraction of sp³-hybridized carbons (Fsp3) is 0.875. The first-order valence-corrected chi connectivity index (χ1v) is 15.7. The molecule has 10 nitrogen and oxygen atoms in total. The number of amides is 3. The Morgan fingerprint density at radius 1 is 0.929 bits per heavy atom. The van der Waals surface area contributed by atoms with E-state index in [-0.39, 0.29) is 41.0 Å². The Labute approximate surface area is 253 Å². The van der Waals surface area contributed by atoms with Crippen LogP contribution in [0.1, 0.15) is 100 Å². The molecule has 3 atom stereocenters. The van der Waals surface area contributed by atoms with E-state index < -0.39 is 30.1 Å². The molecule has 0 aromatic rings. The molecule has 42 heavy (non-hydrogen) atoms.